The number of rotatable bonds is 11. The summed E-state index contributed by atoms with van der Waals surface area (Å²) in [6, 6.07) is 0. The van der Waals surface area contributed by atoms with Gasteiger partial charge in [0.15, 0.2) is 49.2 Å². The van der Waals surface area contributed by atoms with Gasteiger partial charge in [0.25, 0.3) is 0 Å². The smallest absolute Gasteiger partial charge is 0.303 e. The molecule has 0 amide bonds. The van der Waals surface area contributed by atoms with Gasteiger partial charge in [0, 0.05) is 55.8 Å². The summed E-state index contributed by atoms with van der Waals surface area (Å²) in [5.41, 5.74) is 0. The highest BCUT2D eigenvalue weighted by Gasteiger charge is 2.54. The fraction of sp³-hybridized carbons (Fsp3) is 0.769. The van der Waals surface area contributed by atoms with E-state index in [2.05, 4.69) is 0 Å². The van der Waals surface area contributed by atoms with Gasteiger partial charge in [0.1, 0.15) is 12.2 Å². The van der Waals surface area contributed by atoms with Crippen LogP contribution in [0.2, 0.25) is 0 Å². The lowest BCUT2D eigenvalue weighted by atomic mass is 9.90. The van der Waals surface area contributed by atoms with Crippen LogP contribution in [0.3, 0.4) is 0 Å². The molecule has 16 nitrogen and oxygen atoms in total. The van der Waals surface area contributed by atoms with Crippen molar-refractivity contribution in [2.75, 3.05) is 14.2 Å². The van der Waals surface area contributed by atoms with Gasteiger partial charge in [0.2, 0.25) is 0 Å². The zero-order valence-corrected chi connectivity index (χ0v) is 24.7. The quantitative estimate of drug-likeness (QED) is 0.227. The molecule has 0 N–H and O–H groups in total. The highest BCUT2D eigenvalue weighted by atomic mass is 16.7. The molecule has 10 atom stereocenters. The third-order valence-corrected chi connectivity index (χ3v) is 6.19. The zero-order chi connectivity index (χ0) is 31.7. The first-order chi connectivity index (χ1) is 19.7. The first-order valence-electron chi connectivity index (χ1n) is 13.1. The Bertz CT molecular complexity index is 919. The molecule has 2 fully saturated rings. The number of carbonyl (C=O) groups excluding carboxylic acids is 6. The van der Waals surface area contributed by atoms with E-state index in [4.69, 9.17) is 47.4 Å². The summed E-state index contributed by atoms with van der Waals surface area (Å²) < 4.78 is 55.0. The number of hydrogen-bond donors (Lipinski definition) is 0. The van der Waals surface area contributed by atoms with Crippen molar-refractivity contribution in [3.05, 3.63) is 0 Å². The molecule has 0 spiro atoms. The van der Waals surface area contributed by atoms with Gasteiger partial charge in [-0.15, -0.1) is 0 Å². The lowest BCUT2D eigenvalue weighted by Gasteiger charge is -2.46. The molecule has 0 bridgehead atoms. The number of ether oxygens (including phenoxy) is 10. The number of hydrogen-bond acceptors (Lipinski definition) is 16. The van der Waals surface area contributed by atoms with Crippen LogP contribution in [0, 0.1) is 0 Å². The molecule has 42 heavy (non-hydrogen) atoms. The molecule has 0 aromatic rings. The van der Waals surface area contributed by atoms with Gasteiger partial charge in [-0.2, -0.15) is 0 Å². The monoisotopic (exact) mass is 606 g/mol. The standard InChI is InChI=1S/C26H38O16/c1-11(27)35-19-17(41-25(33-7)23(39-15(5)31)21(19)37-13(3)29)9-10-18-20(36-12(2)28)22(38-14(4)30)24(40-16(6)32)26(34-8)42-18/h17-26H,9-10H2,1-8H3/t17-,18-,19+,20+,21-,22-,23-,24-,25+,26+/m1/s1. The van der Waals surface area contributed by atoms with E-state index in [9.17, 15) is 28.8 Å². The van der Waals surface area contributed by atoms with E-state index in [0.29, 0.717) is 0 Å². The van der Waals surface area contributed by atoms with Crippen LogP contribution in [-0.4, -0.2) is 111 Å². The summed E-state index contributed by atoms with van der Waals surface area (Å²) in [6.45, 7) is 6.79. The molecular weight excluding hydrogens is 568 g/mol. The third-order valence-electron chi connectivity index (χ3n) is 6.19. The van der Waals surface area contributed by atoms with E-state index in [1.165, 1.54) is 14.2 Å². The summed E-state index contributed by atoms with van der Waals surface area (Å²) in [7, 11) is 2.55. The second-order valence-corrected chi connectivity index (χ2v) is 9.58. The van der Waals surface area contributed by atoms with Crippen molar-refractivity contribution < 1.29 is 76.1 Å². The molecule has 2 rings (SSSR count). The maximum absolute atomic E-state index is 12.1. The zero-order valence-electron chi connectivity index (χ0n) is 24.7. The van der Waals surface area contributed by atoms with Crippen LogP contribution in [0.1, 0.15) is 54.4 Å². The van der Waals surface area contributed by atoms with Gasteiger partial charge in [-0.1, -0.05) is 0 Å². The predicted molar refractivity (Wildman–Crippen MR) is 134 cm³/mol. The number of methoxy groups -OCH3 is 2. The van der Waals surface area contributed by atoms with E-state index >= 15 is 0 Å². The van der Waals surface area contributed by atoms with Crippen molar-refractivity contribution >= 4 is 35.8 Å². The minimum Gasteiger partial charge on any atom is -0.456 e. The van der Waals surface area contributed by atoms with Crippen molar-refractivity contribution in [2.45, 2.75) is 116 Å². The topological polar surface area (TPSA) is 195 Å². The van der Waals surface area contributed by atoms with Crippen LogP contribution in [0.15, 0.2) is 0 Å². The van der Waals surface area contributed by atoms with Crippen molar-refractivity contribution in [1.29, 1.82) is 0 Å². The van der Waals surface area contributed by atoms with Gasteiger partial charge in [-0.25, -0.2) is 0 Å². The van der Waals surface area contributed by atoms with Crippen LogP contribution in [0.25, 0.3) is 0 Å². The van der Waals surface area contributed by atoms with E-state index in [0.717, 1.165) is 41.5 Å². The van der Waals surface area contributed by atoms with Crippen molar-refractivity contribution in [2.24, 2.45) is 0 Å². The predicted octanol–water partition coefficient (Wildman–Crippen LogP) is 0.0994. The summed E-state index contributed by atoms with van der Waals surface area (Å²) in [6.07, 6.45) is -12.3. The summed E-state index contributed by atoms with van der Waals surface area (Å²) in [5.74, 6) is -4.45. The lowest BCUT2D eigenvalue weighted by Crippen LogP contribution is -2.63. The molecule has 0 unspecified atom stereocenters. The highest BCUT2D eigenvalue weighted by molar-refractivity contribution is 5.69. The van der Waals surface area contributed by atoms with Gasteiger partial charge >= 0.3 is 35.8 Å². The molecule has 2 aliphatic rings. The fourth-order valence-corrected chi connectivity index (χ4v) is 4.88. The molecule has 0 radical (unpaired) electrons. The Hall–Kier alpha value is -3.34. The first kappa shape index (κ1) is 34.9. The molecule has 16 heteroatoms. The minimum absolute atomic E-state index is 0.00769. The van der Waals surface area contributed by atoms with Gasteiger partial charge in [-0.05, 0) is 12.8 Å². The Morgan fingerprint density at radius 2 is 0.667 bits per heavy atom. The van der Waals surface area contributed by atoms with Crippen molar-refractivity contribution in [3.8, 4) is 0 Å². The second kappa shape index (κ2) is 15.8. The van der Waals surface area contributed by atoms with Crippen LogP contribution in [0.4, 0.5) is 0 Å². The molecular formula is C26H38O16. The number of esters is 6. The first-order valence-corrected chi connectivity index (χ1v) is 13.1. The maximum Gasteiger partial charge on any atom is 0.303 e. The molecule has 0 aromatic heterocycles. The highest BCUT2D eigenvalue weighted by Crippen LogP contribution is 2.35. The average molecular weight is 607 g/mol. The lowest BCUT2D eigenvalue weighted by molar-refractivity contribution is -0.308. The normalized spacial score (nSPS) is 32.6. The largest absolute Gasteiger partial charge is 0.456 e. The van der Waals surface area contributed by atoms with E-state index in [1.807, 2.05) is 0 Å². The van der Waals surface area contributed by atoms with Crippen LogP contribution in [-0.2, 0) is 76.1 Å². The fourth-order valence-electron chi connectivity index (χ4n) is 4.88. The molecule has 0 aromatic carbocycles. The van der Waals surface area contributed by atoms with Crippen LogP contribution in [0.5, 0.6) is 0 Å². The molecule has 0 aliphatic carbocycles. The molecule has 0 saturated carbocycles. The Labute approximate surface area is 242 Å². The number of carbonyl (C=O) groups is 6. The van der Waals surface area contributed by atoms with Crippen LogP contribution >= 0.6 is 0 Å². The molecule has 2 heterocycles. The van der Waals surface area contributed by atoms with Crippen molar-refractivity contribution in [1.82, 2.24) is 0 Å². The summed E-state index contributed by atoms with van der Waals surface area (Å²) >= 11 is 0. The summed E-state index contributed by atoms with van der Waals surface area (Å²) in [5, 5.41) is 0. The Morgan fingerprint density at radius 1 is 0.429 bits per heavy atom. The average Bonchev–Trinajstić information content (AvgIpc) is 2.86. The SMILES string of the molecule is CO[C@H]1O[C@H](CC[C@H]2O[C@H](OC)[C@H](OC(C)=O)[C@H](OC(C)=O)[C@H]2OC(C)=O)[C@H](OC(C)=O)[C@@H](OC(C)=O)[C@H]1OC(C)=O. The Morgan fingerprint density at radius 3 is 0.905 bits per heavy atom. The molecule has 238 valence electrons. The Kier molecular flexibility index (Phi) is 13.1. The van der Waals surface area contributed by atoms with Gasteiger partial charge in [0.05, 0.1) is 0 Å². The summed E-state index contributed by atoms with van der Waals surface area (Å²) in [4.78, 5) is 71.7. The Balaban J connectivity index is 2.45. The maximum atomic E-state index is 12.1. The molecule has 2 saturated heterocycles. The van der Waals surface area contributed by atoms with Gasteiger partial charge in [-0.3, -0.25) is 28.8 Å². The second-order valence-electron chi connectivity index (χ2n) is 9.58. The third kappa shape index (κ3) is 9.61. The molecule has 2 aliphatic heterocycles. The van der Waals surface area contributed by atoms with E-state index < -0.39 is 97.2 Å². The van der Waals surface area contributed by atoms with Crippen LogP contribution < -0.4 is 0 Å². The minimum atomic E-state index is -1.32. The van der Waals surface area contributed by atoms with Crippen molar-refractivity contribution in [3.63, 3.8) is 0 Å². The van der Waals surface area contributed by atoms with E-state index in [1.54, 1.807) is 0 Å². The van der Waals surface area contributed by atoms with E-state index in [-0.39, 0.29) is 12.8 Å². The van der Waals surface area contributed by atoms with Gasteiger partial charge < -0.3 is 47.4 Å².